The molecule has 0 saturated carbocycles. The van der Waals surface area contributed by atoms with E-state index < -0.39 is 0 Å². The summed E-state index contributed by atoms with van der Waals surface area (Å²) in [6, 6.07) is 5.03. The van der Waals surface area contributed by atoms with Crippen molar-refractivity contribution < 1.29 is 9.59 Å². The van der Waals surface area contributed by atoms with E-state index in [9.17, 15) is 9.59 Å². The number of aromatic nitrogens is 1. The smallest absolute Gasteiger partial charge is 0.315 e. The van der Waals surface area contributed by atoms with Gasteiger partial charge in [-0.2, -0.15) is 0 Å². The maximum absolute atomic E-state index is 11.9. The first-order valence-corrected chi connectivity index (χ1v) is 7.62. The molecule has 0 saturated heterocycles. The van der Waals surface area contributed by atoms with Gasteiger partial charge in [-0.3, -0.25) is 9.78 Å². The fourth-order valence-electron chi connectivity index (χ4n) is 1.88. The Balaban J connectivity index is 2.46. The molecule has 0 radical (unpaired) electrons. The lowest BCUT2D eigenvalue weighted by Gasteiger charge is -2.22. The number of pyridine rings is 1. The van der Waals surface area contributed by atoms with Gasteiger partial charge in [0.25, 0.3) is 0 Å². The molecule has 1 atom stereocenters. The molecular weight excluding hydrogens is 280 g/mol. The lowest BCUT2D eigenvalue weighted by atomic mass is 10.0. The highest BCUT2D eigenvalue weighted by atomic mass is 16.2. The molecule has 0 aliphatic carbocycles. The van der Waals surface area contributed by atoms with Gasteiger partial charge in [0.2, 0.25) is 5.91 Å². The summed E-state index contributed by atoms with van der Waals surface area (Å²) in [5.41, 5.74) is 0.803. The summed E-state index contributed by atoms with van der Waals surface area (Å²) in [7, 11) is 0. The van der Waals surface area contributed by atoms with E-state index in [1.54, 1.807) is 6.20 Å². The van der Waals surface area contributed by atoms with E-state index in [0.29, 0.717) is 12.5 Å². The summed E-state index contributed by atoms with van der Waals surface area (Å²) < 4.78 is 0. The molecule has 122 valence electrons. The molecule has 1 aromatic rings. The minimum Gasteiger partial charge on any atom is -0.354 e. The summed E-state index contributed by atoms with van der Waals surface area (Å²) in [5, 5.41) is 8.18. The molecule has 0 spiro atoms. The van der Waals surface area contributed by atoms with Crippen molar-refractivity contribution in [3.63, 3.8) is 0 Å². The van der Waals surface area contributed by atoms with Gasteiger partial charge in [0.05, 0.1) is 18.3 Å². The molecule has 0 aliphatic rings. The van der Waals surface area contributed by atoms with Gasteiger partial charge in [0.15, 0.2) is 0 Å². The molecule has 1 unspecified atom stereocenters. The number of urea groups is 1. The number of carbonyl (C=O) groups is 2. The molecule has 22 heavy (non-hydrogen) atoms. The average Bonchev–Trinajstić information content (AvgIpc) is 2.49. The zero-order valence-electron chi connectivity index (χ0n) is 13.7. The molecule has 6 nitrogen and oxygen atoms in total. The van der Waals surface area contributed by atoms with Crippen LogP contribution in [0.15, 0.2) is 24.4 Å². The van der Waals surface area contributed by atoms with Crippen molar-refractivity contribution in [2.24, 2.45) is 11.8 Å². The first-order valence-electron chi connectivity index (χ1n) is 7.62. The highest BCUT2D eigenvalue weighted by Crippen LogP contribution is 2.18. The van der Waals surface area contributed by atoms with Crippen LogP contribution in [0.1, 0.15) is 39.4 Å². The third-order valence-corrected chi connectivity index (χ3v) is 3.08. The predicted octanol–water partition coefficient (Wildman–Crippen LogP) is 1.85. The van der Waals surface area contributed by atoms with Gasteiger partial charge in [-0.1, -0.05) is 33.8 Å². The number of nitrogens with one attached hydrogen (secondary N) is 3. The summed E-state index contributed by atoms with van der Waals surface area (Å²) in [6.45, 7) is 8.61. The summed E-state index contributed by atoms with van der Waals surface area (Å²) in [5.74, 6) is 0.380. The fourth-order valence-corrected chi connectivity index (χ4v) is 1.88. The number of hydrogen-bond donors (Lipinski definition) is 3. The number of carbonyl (C=O) groups excluding carboxylic acids is 2. The van der Waals surface area contributed by atoms with Crippen LogP contribution in [-0.2, 0) is 4.79 Å². The fraction of sp³-hybridized carbons (Fsp3) is 0.562. The topological polar surface area (TPSA) is 83.1 Å². The van der Waals surface area contributed by atoms with E-state index >= 15 is 0 Å². The molecule has 1 aromatic heterocycles. The van der Waals surface area contributed by atoms with Crippen molar-refractivity contribution in [1.29, 1.82) is 0 Å². The Hall–Kier alpha value is -2.11. The highest BCUT2D eigenvalue weighted by molar-refractivity contribution is 5.84. The predicted molar refractivity (Wildman–Crippen MR) is 86.2 cm³/mol. The molecule has 1 heterocycles. The van der Waals surface area contributed by atoms with Crippen LogP contribution in [0.4, 0.5) is 4.79 Å². The van der Waals surface area contributed by atoms with Crippen LogP contribution in [0.3, 0.4) is 0 Å². The van der Waals surface area contributed by atoms with Gasteiger partial charge in [-0.15, -0.1) is 0 Å². The maximum Gasteiger partial charge on any atom is 0.315 e. The molecule has 0 aliphatic heterocycles. The van der Waals surface area contributed by atoms with E-state index in [4.69, 9.17) is 0 Å². The van der Waals surface area contributed by atoms with Crippen molar-refractivity contribution in [3.05, 3.63) is 30.1 Å². The Bertz CT molecular complexity index is 474. The van der Waals surface area contributed by atoms with E-state index in [0.717, 1.165) is 5.69 Å². The molecule has 1 rings (SSSR count). The second kappa shape index (κ2) is 9.02. The Labute approximate surface area is 132 Å². The number of amides is 3. The van der Waals surface area contributed by atoms with E-state index in [-0.39, 0.29) is 30.4 Å². The van der Waals surface area contributed by atoms with Crippen molar-refractivity contribution >= 4 is 11.9 Å². The van der Waals surface area contributed by atoms with Gasteiger partial charge in [0, 0.05) is 12.7 Å². The minimum atomic E-state index is -0.371. The number of rotatable bonds is 7. The van der Waals surface area contributed by atoms with Crippen LogP contribution in [0.5, 0.6) is 0 Å². The monoisotopic (exact) mass is 306 g/mol. The van der Waals surface area contributed by atoms with Gasteiger partial charge in [0.1, 0.15) is 0 Å². The molecular formula is C16H26N4O2. The third-order valence-electron chi connectivity index (χ3n) is 3.08. The molecule has 3 N–H and O–H groups in total. The lowest BCUT2D eigenvalue weighted by Crippen LogP contribution is -2.44. The normalized spacial score (nSPS) is 12.1. The zero-order chi connectivity index (χ0) is 16.5. The molecule has 0 bridgehead atoms. The standard InChI is InChI=1S/C16H26N4O2/c1-11(2)9-18-14(21)10-19-16(22)20-15(12(3)4)13-7-5-6-8-17-13/h5-8,11-12,15H,9-10H2,1-4H3,(H,18,21)(H2,19,20,22). The quantitative estimate of drug-likeness (QED) is 0.719. The first kappa shape index (κ1) is 17.9. The SMILES string of the molecule is CC(C)CNC(=O)CNC(=O)NC(c1ccccn1)C(C)C. The Morgan fingerprint density at radius 1 is 1.14 bits per heavy atom. The largest absolute Gasteiger partial charge is 0.354 e. The molecule has 0 aromatic carbocycles. The van der Waals surface area contributed by atoms with E-state index in [1.165, 1.54) is 0 Å². The van der Waals surface area contributed by atoms with Crippen molar-refractivity contribution in [2.75, 3.05) is 13.1 Å². The van der Waals surface area contributed by atoms with Crippen LogP contribution in [0, 0.1) is 11.8 Å². The van der Waals surface area contributed by atoms with Crippen LogP contribution in [-0.4, -0.2) is 30.0 Å². The summed E-state index contributed by atoms with van der Waals surface area (Å²) >= 11 is 0. The third kappa shape index (κ3) is 6.56. The van der Waals surface area contributed by atoms with Crippen LogP contribution in [0.25, 0.3) is 0 Å². The van der Waals surface area contributed by atoms with E-state index in [1.807, 2.05) is 45.9 Å². The second-order valence-electron chi connectivity index (χ2n) is 6.00. The molecule has 3 amide bonds. The van der Waals surface area contributed by atoms with Crippen LogP contribution in [0.2, 0.25) is 0 Å². The summed E-state index contributed by atoms with van der Waals surface area (Å²) in [4.78, 5) is 27.8. The maximum atomic E-state index is 11.9. The van der Waals surface area contributed by atoms with Crippen molar-refractivity contribution in [2.45, 2.75) is 33.7 Å². The summed E-state index contributed by atoms with van der Waals surface area (Å²) in [6.07, 6.45) is 1.70. The van der Waals surface area contributed by atoms with Gasteiger partial charge < -0.3 is 16.0 Å². The molecule has 6 heteroatoms. The second-order valence-corrected chi connectivity index (χ2v) is 6.00. The Kier molecular flexibility index (Phi) is 7.36. The minimum absolute atomic E-state index is 0.0361. The van der Waals surface area contributed by atoms with Crippen molar-refractivity contribution in [1.82, 2.24) is 20.9 Å². The van der Waals surface area contributed by atoms with E-state index in [2.05, 4.69) is 20.9 Å². The lowest BCUT2D eigenvalue weighted by molar-refractivity contribution is -0.120. The first-order chi connectivity index (χ1) is 10.4. The highest BCUT2D eigenvalue weighted by Gasteiger charge is 2.19. The average molecular weight is 306 g/mol. The van der Waals surface area contributed by atoms with Crippen LogP contribution < -0.4 is 16.0 Å². The number of nitrogens with zero attached hydrogens (tertiary/aromatic N) is 1. The number of hydrogen-bond acceptors (Lipinski definition) is 3. The Morgan fingerprint density at radius 2 is 1.86 bits per heavy atom. The van der Waals surface area contributed by atoms with Gasteiger partial charge >= 0.3 is 6.03 Å². The molecule has 0 fully saturated rings. The van der Waals surface area contributed by atoms with Crippen molar-refractivity contribution in [3.8, 4) is 0 Å². The van der Waals surface area contributed by atoms with Gasteiger partial charge in [-0.25, -0.2) is 4.79 Å². The van der Waals surface area contributed by atoms with Crippen LogP contribution >= 0.6 is 0 Å². The van der Waals surface area contributed by atoms with Gasteiger partial charge in [-0.05, 0) is 24.0 Å². The Morgan fingerprint density at radius 3 is 2.41 bits per heavy atom. The zero-order valence-corrected chi connectivity index (χ0v) is 13.7.